The van der Waals surface area contributed by atoms with E-state index in [0.29, 0.717) is 17.1 Å². The first-order valence-corrected chi connectivity index (χ1v) is 6.66. The van der Waals surface area contributed by atoms with E-state index in [0.717, 1.165) is 24.4 Å². The molecule has 0 saturated heterocycles. The number of amides is 1. The number of carbonyl (C=O) groups is 1. The van der Waals surface area contributed by atoms with Crippen LogP contribution in [0, 0.1) is 6.92 Å². The van der Waals surface area contributed by atoms with Crippen molar-refractivity contribution in [3.8, 4) is 0 Å². The minimum atomic E-state index is -0.0736. The number of hydrogen-bond donors (Lipinski definition) is 1. The van der Waals surface area contributed by atoms with E-state index in [2.05, 4.69) is 27.0 Å². The van der Waals surface area contributed by atoms with Crippen molar-refractivity contribution >= 4 is 17.4 Å². The molecule has 2 aromatic rings. The zero-order valence-corrected chi connectivity index (χ0v) is 11.0. The molecule has 1 heterocycles. The van der Waals surface area contributed by atoms with Crippen LogP contribution < -0.4 is 5.32 Å². The van der Waals surface area contributed by atoms with Gasteiger partial charge in [-0.05, 0) is 36.9 Å². The van der Waals surface area contributed by atoms with Crippen LogP contribution >= 0.6 is 11.5 Å². The number of benzene rings is 1. The predicted molar refractivity (Wildman–Crippen MR) is 71.7 cm³/mol. The lowest BCUT2D eigenvalue weighted by Gasteiger charge is -2.03. The van der Waals surface area contributed by atoms with Crippen molar-refractivity contribution in [2.75, 3.05) is 6.54 Å². The Balaban J connectivity index is 1.73. The molecule has 0 bridgehead atoms. The Bertz CT molecular complexity index is 510. The smallest absolute Gasteiger partial charge is 0.264 e. The van der Waals surface area contributed by atoms with Crippen LogP contribution in [0.3, 0.4) is 0 Å². The maximum Gasteiger partial charge on any atom is 0.264 e. The molecule has 1 amide bonds. The summed E-state index contributed by atoms with van der Waals surface area (Å²) in [6.45, 7) is 2.47. The largest absolute Gasteiger partial charge is 0.351 e. The van der Waals surface area contributed by atoms with Gasteiger partial charge < -0.3 is 5.32 Å². The molecular formula is C13H15N3OS. The number of nitrogens with one attached hydrogen (secondary N) is 1. The van der Waals surface area contributed by atoms with Crippen LogP contribution in [-0.2, 0) is 6.42 Å². The average Bonchev–Trinajstić information content (AvgIpc) is 2.82. The highest BCUT2D eigenvalue weighted by atomic mass is 32.1. The number of rotatable bonds is 5. The van der Waals surface area contributed by atoms with Gasteiger partial charge in [-0.25, -0.2) is 0 Å². The van der Waals surface area contributed by atoms with Crippen molar-refractivity contribution in [2.24, 2.45) is 0 Å². The second-order valence-corrected chi connectivity index (χ2v) is 4.79. The molecule has 0 saturated carbocycles. The summed E-state index contributed by atoms with van der Waals surface area (Å²) in [6, 6.07) is 10.3. The highest BCUT2D eigenvalue weighted by Gasteiger charge is 2.11. The van der Waals surface area contributed by atoms with Gasteiger partial charge in [0, 0.05) is 6.54 Å². The van der Waals surface area contributed by atoms with Gasteiger partial charge in [-0.1, -0.05) is 34.8 Å². The summed E-state index contributed by atoms with van der Waals surface area (Å²) >= 11 is 1.14. The molecule has 0 unspecified atom stereocenters. The van der Waals surface area contributed by atoms with E-state index in [-0.39, 0.29) is 5.91 Å². The monoisotopic (exact) mass is 261 g/mol. The Kier molecular flexibility index (Phi) is 4.41. The van der Waals surface area contributed by atoms with E-state index < -0.39 is 0 Å². The minimum Gasteiger partial charge on any atom is -0.351 e. The van der Waals surface area contributed by atoms with Gasteiger partial charge in [-0.2, -0.15) is 0 Å². The lowest BCUT2D eigenvalue weighted by Crippen LogP contribution is -2.24. The van der Waals surface area contributed by atoms with Gasteiger partial charge in [-0.3, -0.25) is 4.79 Å². The fourth-order valence-electron chi connectivity index (χ4n) is 1.66. The van der Waals surface area contributed by atoms with Crippen LogP contribution in [0.25, 0.3) is 0 Å². The third-order valence-electron chi connectivity index (χ3n) is 2.63. The van der Waals surface area contributed by atoms with Crippen LogP contribution in [0.15, 0.2) is 30.3 Å². The zero-order valence-electron chi connectivity index (χ0n) is 10.2. The average molecular weight is 261 g/mol. The van der Waals surface area contributed by atoms with Crippen LogP contribution in [-0.4, -0.2) is 22.0 Å². The summed E-state index contributed by atoms with van der Waals surface area (Å²) in [7, 11) is 0. The second-order valence-electron chi connectivity index (χ2n) is 4.03. The molecule has 0 fully saturated rings. The molecule has 5 heteroatoms. The second kappa shape index (κ2) is 6.26. The van der Waals surface area contributed by atoms with Crippen LogP contribution in [0.1, 0.15) is 27.3 Å². The van der Waals surface area contributed by atoms with Gasteiger partial charge in [0.05, 0.1) is 5.69 Å². The molecule has 0 aliphatic heterocycles. The maximum atomic E-state index is 11.8. The van der Waals surface area contributed by atoms with E-state index >= 15 is 0 Å². The van der Waals surface area contributed by atoms with Crippen molar-refractivity contribution in [2.45, 2.75) is 19.8 Å². The topological polar surface area (TPSA) is 54.9 Å². The molecule has 0 aliphatic carbocycles. The number of carbonyl (C=O) groups excluding carboxylic acids is 1. The first-order valence-electron chi connectivity index (χ1n) is 5.88. The van der Waals surface area contributed by atoms with E-state index in [1.165, 1.54) is 5.56 Å². The minimum absolute atomic E-state index is 0.0736. The normalized spacial score (nSPS) is 10.3. The van der Waals surface area contributed by atoms with Crippen LogP contribution in [0.2, 0.25) is 0 Å². The summed E-state index contributed by atoms with van der Waals surface area (Å²) in [5.74, 6) is -0.0736. The fraction of sp³-hybridized carbons (Fsp3) is 0.308. The third kappa shape index (κ3) is 3.37. The van der Waals surface area contributed by atoms with Gasteiger partial charge in [0.25, 0.3) is 5.91 Å². The van der Waals surface area contributed by atoms with E-state index in [4.69, 9.17) is 0 Å². The molecule has 18 heavy (non-hydrogen) atoms. The van der Waals surface area contributed by atoms with Gasteiger partial charge in [0.1, 0.15) is 4.88 Å². The Hall–Kier alpha value is -1.75. The summed E-state index contributed by atoms with van der Waals surface area (Å²) in [6.07, 6.45) is 1.90. The SMILES string of the molecule is Cc1nnsc1C(=O)NCCCc1ccccc1. The number of aryl methyl sites for hydroxylation is 2. The lowest BCUT2D eigenvalue weighted by molar-refractivity contribution is 0.0956. The highest BCUT2D eigenvalue weighted by Crippen LogP contribution is 2.08. The molecule has 0 atom stereocenters. The van der Waals surface area contributed by atoms with Crippen molar-refractivity contribution in [3.05, 3.63) is 46.5 Å². The first kappa shape index (κ1) is 12.7. The van der Waals surface area contributed by atoms with Crippen molar-refractivity contribution in [1.29, 1.82) is 0 Å². The Morgan fingerprint density at radius 1 is 1.33 bits per heavy atom. The molecule has 0 radical (unpaired) electrons. The standard InChI is InChI=1S/C13H15N3OS/c1-10-12(18-16-15-10)13(17)14-9-5-8-11-6-3-2-4-7-11/h2-4,6-7H,5,8-9H2,1H3,(H,14,17). The molecule has 94 valence electrons. The summed E-state index contributed by atoms with van der Waals surface area (Å²) in [5, 5.41) is 6.71. The van der Waals surface area contributed by atoms with Gasteiger partial charge >= 0.3 is 0 Å². The number of nitrogens with zero attached hydrogens (tertiary/aromatic N) is 2. The van der Waals surface area contributed by atoms with Crippen molar-refractivity contribution in [3.63, 3.8) is 0 Å². The third-order valence-corrected chi connectivity index (χ3v) is 3.46. The van der Waals surface area contributed by atoms with Gasteiger partial charge in [0.2, 0.25) is 0 Å². The summed E-state index contributed by atoms with van der Waals surface area (Å²) in [5.41, 5.74) is 1.99. The number of aromatic nitrogens is 2. The molecule has 0 spiro atoms. The van der Waals surface area contributed by atoms with Gasteiger partial charge in [0.15, 0.2) is 0 Å². The van der Waals surface area contributed by atoms with Crippen LogP contribution in [0.5, 0.6) is 0 Å². The van der Waals surface area contributed by atoms with Crippen LogP contribution in [0.4, 0.5) is 0 Å². The molecule has 1 aromatic heterocycles. The number of hydrogen-bond acceptors (Lipinski definition) is 4. The lowest BCUT2D eigenvalue weighted by atomic mass is 10.1. The predicted octanol–water partition coefficient (Wildman–Crippen LogP) is 2.21. The molecule has 2 rings (SSSR count). The molecule has 4 nitrogen and oxygen atoms in total. The fourth-order valence-corrected chi connectivity index (χ4v) is 2.23. The molecular weight excluding hydrogens is 246 g/mol. The van der Waals surface area contributed by atoms with E-state index in [1.807, 2.05) is 18.2 Å². The Labute approximate surface area is 110 Å². The summed E-state index contributed by atoms with van der Waals surface area (Å²) < 4.78 is 3.75. The zero-order chi connectivity index (χ0) is 12.8. The summed E-state index contributed by atoms with van der Waals surface area (Å²) in [4.78, 5) is 12.4. The Morgan fingerprint density at radius 3 is 2.78 bits per heavy atom. The van der Waals surface area contributed by atoms with Crippen molar-refractivity contribution < 1.29 is 4.79 Å². The highest BCUT2D eigenvalue weighted by molar-refractivity contribution is 7.07. The quantitative estimate of drug-likeness (QED) is 0.840. The van der Waals surface area contributed by atoms with E-state index in [9.17, 15) is 4.79 Å². The first-order chi connectivity index (χ1) is 8.77. The molecule has 1 N–H and O–H groups in total. The molecule has 1 aromatic carbocycles. The van der Waals surface area contributed by atoms with Crippen molar-refractivity contribution in [1.82, 2.24) is 14.9 Å². The maximum absolute atomic E-state index is 11.8. The Morgan fingerprint density at radius 2 is 2.11 bits per heavy atom. The molecule has 0 aliphatic rings. The van der Waals surface area contributed by atoms with E-state index in [1.54, 1.807) is 6.92 Å². The van der Waals surface area contributed by atoms with Gasteiger partial charge in [-0.15, -0.1) is 5.10 Å².